The summed E-state index contributed by atoms with van der Waals surface area (Å²) in [4.78, 5) is 4.17. The van der Waals surface area contributed by atoms with Gasteiger partial charge in [0, 0.05) is 30.6 Å². The van der Waals surface area contributed by atoms with E-state index < -0.39 is 0 Å². The van der Waals surface area contributed by atoms with Crippen LogP contribution in [0.3, 0.4) is 0 Å². The zero-order valence-corrected chi connectivity index (χ0v) is 12.1. The first-order valence-electron chi connectivity index (χ1n) is 6.87. The fourth-order valence-corrected chi connectivity index (χ4v) is 3.75. The Bertz CT molecular complexity index is 521. The van der Waals surface area contributed by atoms with Crippen LogP contribution in [0.1, 0.15) is 22.0 Å². The fraction of sp³-hybridized carbons (Fsp3) is 0.375. The molecule has 100 valence electrons. The number of likely N-dealkylation sites (N-methyl/N-ethyl adjacent to an activating group) is 1. The van der Waals surface area contributed by atoms with Gasteiger partial charge in [-0.3, -0.25) is 4.90 Å². The average Bonchev–Trinajstić information content (AvgIpc) is 2.93. The standard InChI is InChI=1S/C16H20N2S/c1-17-11-15(13-5-3-2-4-6-13)18-9-7-16-14(12-18)8-10-19-16/h2-6,8,10,15,17H,7,9,11-12H2,1H3. The minimum atomic E-state index is 0.472. The van der Waals surface area contributed by atoms with Crippen molar-refractivity contribution >= 4 is 11.3 Å². The van der Waals surface area contributed by atoms with Crippen LogP contribution in [0.2, 0.25) is 0 Å². The number of hydrogen-bond donors (Lipinski definition) is 1. The molecule has 2 nitrogen and oxygen atoms in total. The molecule has 1 aliphatic heterocycles. The lowest BCUT2D eigenvalue weighted by atomic mass is 10.0. The van der Waals surface area contributed by atoms with Crippen molar-refractivity contribution in [3.8, 4) is 0 Å². The largest absolute Gasteiger partial charge is 0.318 e. The molecule has 3 heteroatoms. The number of nitrogens with zero attached hydrogens (tertiary/aromatic N) is 1. The van der Waals surface area contributed by atoms with Gasteiger partial charge in [-0.25, -0.2) is 0 Å². The number of rotatable bonds is 4. The highest BCUT2D eigenvalue weighted by atomic mass is 32.1. The Kier molecular flexibility index (Phi) is 3.97. The van der Waals surface area contributed by atoms with Crippen LogP contribution in [0, 0.1) is 0 Å². The van der Waals surface area contributed by atoms with Crippen molar-refractivity contribution in [2.75, 3.05) is 20.1 Å². The van der Waals surface area contributed by atoms with E-state index in [1.807, 2.05) is 18.4 Å². The first kappa shape index (κ1) is 12.9. The lowest BCUT2D eigenvalue weighted by molar-refractivity contribution is 0.178. The highest BCUT2D eigenvalue weighted by Crippen LogP contribution is 2.29. The van der Waals surface area contributed by atoms with Gasteiger partial charge in [-0.2, -0.15) is 0 Å². The molecular weight excluding hydrogens is 252 g/mol. The second-order valence-corrected chi connectivity index (χ2v) is 6.07. The first-order chi connectivity index (χ1) is 9.38. The number of thiophene rings is 1. The predicted octanol–water partition coefficient (Wildman–Crippen LogP) is 3.07. The Morgan fingerprint density at radius 2 is 2.11 bits per heavy atom. The number of hydrogen-bond acceptors (Lipinski definition) is 3. The van der Waals surface area contributed by atoms with Crippen molar-refractivity contribution in [2.45, 2.75) is 19.0 Å². The zero-order chi connectivity index (χ0) is 13.1. The second kappa shape index (κ2) is 5.87. The van der Waals surface area contributed by atoms with Crippen molar-refractivity contribution in [2.24, 2.45) is 0 Å². The first-order valence-corrected chi connectivity index (χ1v) is 7.75. The minimum Gasteiger partial charge on any atom is -0.318 e. The molecule has 3 rings (SSSR count). The molecule has 0 amide bonds. The van der Waals surface area contributed by atoms with Gasteiger partial charge in [0.2, 0.25) is 0 Å². The molecule has 1 aromatic carbocycles. The molecule has 0 radical (unpaired) electrons. The minimum absolute atomic E-state index is 0.472. The van der Waals surface area contributed by atoms with Crippen molar-refractivity contribution in [1.29, 1.82) is 0 Å². The van der Waals surface area contributed by atoms with Gasteiger partial charge in [0.05, 0.1) is 0 Å². The number of benzene rings is 1. The fourth-order valence-electron chi connectivity index (χ4n) is 2.86. The third-order valence-corrected chi connectivity index (χ3v) is 4.88. The molecule has 0 saturated heterocycles. The van der Waals surface area contributed by atoms with Gasteiger partial charge in [-0.15, -0.1) is 11.3 Å². The Morgan fingerprint density at radius 3 is 2.89 bits per heavy atom. The third-order valence-electron chi connectivity index (χ3n) is 3.86. The molecule has 0 aliphatic carbocycles. The van der Waals surface area contributed by atoms with Gasteiger partial charge in [0.1, 0.15) is 0 Å². The van der Waals surface area contributed by atoms with Crippen LogP contribution in [0.5, 0.6) is 0 Å². The molecule has 1 unspecified atom stereocenters. The van der Waals surface area contributed by atoms with Gasteiger partial charge >= 0.3 is 0 Å². The molecule has 2 aromatic rings. The molecule has 1 aromatic heterocycles. The van der Waals surface area contributed by atoms with E-state index >= 15 is 0 Å². The highest BCUT2D eigenvalue weighted by Gasteiger charge is 2.24. The summed E-state index contributed by atoms with van der Waals surface area (Å²) in [7, 11) is 2.04. The molecule has 0 saturated carbocycles. The lowest BCUT2D eigenvalue weighted by Gasteiger charge is -2.35. The normalized spacial score (nSPS) is 17.1. The van der Waals surface area contributed by atoms with Gasteiger partial charge in [-0.1, -0.05) is 30.3 Å². The Hall–Kier alpha value is -1.16. The molecule has 1 aliphatic rings. The molecule has 0 spiro atoms. The molecule has 0 fully saturated rings. The predicted molar refractivity (Wildman–Crippen MR) is 81.5 cm³/mol. The van der Waals surface area contributed by atoms with Gasteiger partial charge in [-0.05, 0) is 36.0 Å². The van der Waals surface area contributed by atoms with E-state index in [0.29, 0.717) is 6.04 Å². The summed E-state index contributed by atoms with van der Waals surface area (Å²) in [5.41, 5.74) is 2.93. The van der Waals surface area contributed by atoms with E-state index in [1.54, 1.807) is 4.88 Å². The molecule has 0 bridgehead atoms. The van der Waals surface area contributed by atoms with Crippen molar-refractivity contribution in [3.63, 3.8) is 0 Å². The van der Waals surface area contributed by atoms with E-state index in [9.17, 15) is 0 Å². The molecule has 1 atom stereocenters. The molecule has 19 heavy (non-hydrogen) atoms. The van der Waals surface area contributed by atoms with Crippen LogP contribution in [0.15, 0.2) is 41.8 Å². The SMILES string of the molecule is CNCC(c1ccccc1)N1CCc2sccc2C1. The third kappa shape index (κ3) is 2.73. The summed E-state index contributed by atoms with van der Waals surface area (Å²) in [5.74, 6) is 0. The van der Waals surface area contributed by atoms with Crippen molar-refractivity contribution in [3.05, 3.63) is 57.8 Å². The summed E-state index contributed by atoms with van der Waals surface area (Å²) in [6.07, 6.45) is 1.19. The van der Waals surface area contributed by atoms with Crippen molar-refractivity contribution in [1.82, 2.24) is 10.2 Å². The zero-order valence-electron chi connectivity index (χ0n) is 11.3. The Labute approximate surface area is 119 Å². The van der Waals surface area contributed by atoms with Crippen LogP contribution in [-0.4, -0.2) is 25.0 Å². The number of fused-ring (bicyclic) bond motifs is 1. The summed E-state index contributed by atoms with van der Waals surface area (Å²) < 4.78 is 0. The van der Waals surface area contributed by atoms with Gasteiger partial charge in [0.25, 0.3) is 0 Å². The number of nitrogens with one attached hydrogen (secondary N) is 1. The molecule has 1 N–H and O–H groups in total. The maximum atomic E-state index is 3.34. The summed E-state index contributed by atoms with van der Waals surface area (Å²) in [6.45, 7) is 3.25. The average molecular weight is 272 g/mol. The Balaban J connectivity index is 1.82. The maximum absolute atomic E-state index is 3.34. The van der Waals surface area contributed by atoms with Gasteiger partial charge in [0.15, 0.2) is 0 Å². The van der Waals surface area contributed by atoms with E-state index in [2.05, 4.69) is 52.0 Å². The van der Waals surface area contributed by atoms with Crippen LogP contribution in [0.4, 0.5) is 0 Å². The van der Waals surface area contributed by atoms with E-state index in [4.69, 9.17) is 0 Å². The Morgan fingerprint density at radius 1 is 1.26 bits per heavy atom. The lowest BCUT2D eigenvalue weighted by Crippen LogP contribution is -2.38. The highest BCUT2D eigenvalue weighted by molar-refractivity contribution is 7.10. The quantitative estimate of drug-likeness (QED) is 0.920. The molecular formula is C16H20N2S. The van der Waals surface area contributed by atoms with Gasteiger partial charge < -0.3 is 5.32 Å². The monoisotopic (exact) mass is 272 g/mol. The van der Waals surface area contributed by atoms with E-state index in [1.165, 1.54) is 17.5 Å². The summed E-state index contributed by atoms with van der Waals surface area (Å²) in [6, 6.07) is 13.6. The van der Waals surface area contributed by atoms with Crippen LogP contribution in [-0.2, 0) is 13.0 Å². The van der Waals surface area contributed by atoms with Crippen molar-refractivity contribution < 1.29 is 0 Å². The van der Waals surface area contributed by atoms with Crippen LogP contribution < -0.4 is 5.32 Å². The second-order valence-electron chi connectivity index (χ2n) is 5.07. The van der Waals surface area contributed by atoms with Crippen LogP contribution >= 0.6 is 11.3 Å². The van der Waals surface area contributed by atoms with Crippen LogP contribution in [0.25, 0.3) is 0 Å². The summed E-state index contributed by atoms with van der Waals surface area (Å²) >= 11 is 1.91. The topological polar surface area (TPSA) is 15.3 Å². The summed E-state index contributed by atoms with van der Waals surface area (Å²) in [5, 5.41) is 5.57. The maximum Gasteiger partial charge on any atom is 0.0476 e. The van der Waals surface area contributed by atoms with E-state index in [-0.39, 0.29) is 0 Å². The van der Waals surface area contributed by atoms with E-state index in [0.717, 1.165) is 19.6 Å². The molecule has 2 heterocycles. The smallest absolute Gasteiger partial charge is 0.0476 e.